The maximum Gasteiger partial charge on any atom is 0.225 e. The number of hydrogen-bond donors (Lipinski definition) is 0. The Bertz CT molecular complexity index is 215. The Morgan fingerprint density at radius 2 is 1.71 bits per heavy atom. The van der Waals surface area contributed by atoms with Gasteiger partial charge in [0.1, 0.15) is 12.2 Å². The van der Waals surface area contributed by atoms with Crippen LogP contribution in [0.5, 0.6) is 0 Å². The number of carbonyl (C=O) groups excluding carboxylic acids is 1. The molecule has 0 aromatic heterocycles. The minimum absolute atomic E-state index is 0.0650. The fourth-order valence-electron chi connectivity index (χ4n) is 2.01. The van der Waals surface area contributed by atoms with E-state index >= 15 is 0 Å². The van der Waals surface area contributed by atoms with E-state index in [0.29, 0.717) is 26.3 Å². The molecule has 2 unspecified atom stereocenters. The van der Waals surface area contributed by atoms with E-state index in [1.807, 2.05) is 18.7 Å². The van der Waals surface area contributed by atoms with Gasteiger partial charge in [-0.2, -0.15) is 0 Å². The van der Waals surface area contributed by atoms with Crippen LogP contribution in [-0.2, 0) is 14.3 Å². The van der Waals surface area contributed by atoms with Gasteiger partial charge in [0, 0.05) is 19.0 Å². The van der Waals surface area contributed by atoms with E-state index in [1.54, 1.807) is 0 Å². The zero-order valence-corrected chi connectivity index (χ0v) is 8.73. The maximum atomic E-state index is 11.7. The number of nitrogens with zero attached hydrogens (tertiary/aromatic N) is 1. The number of hydrogen-bond acceptors (Lipinski definition) is 3. The third kappa shape index (κ3) is 1.77. The van der Waals surface area contributed by atoms with Gasteiger partial charge in [0.2, 0.25) is 5.91 Å². The van der Waals surface area contributed by atoms with Crippen LogP contribution in [0.4, 0.5) is 0 Å². The van der Waals surface area contributed by atoms with E-state index in [1.165, 1.54) is 0 Å². The van der Waals surface area contributed by atoms with Crippen molar-refractivity contribution in [2.45, 2.75) is 26.1 Å². The highest BCUT2D eigenvalue weighted by Gasteiger charge is 2.38. The largest absolute Gasteiger partial charge is 0.371 e. The number of likely N-dealkylation sites (tertiary alicyclic amines) is 1. The summed E-state index contributed by atoms with van der Waals surface area (Å²) in [5.74, 6) is 0.266. The Balaban J connectivity index is 1.95. The molecule has 2 saturated heterocycles. The lowest BCUT2D eigenvalue weighted by atomic mass is 10.2. The summed E-state index contributed by atoms with van der Waals surface area (Å²) in [6.07, 6.45) is 0.206. The first-order valence-electron chi connectivity index (χ1n) is 5.20. The van der Waals surface area contributed by atoms with Crippen LogP contribution in [-0.4, -0.2) is 49.3 Å². The molecule has 0 aromatic carbocycles. The number of ether oxygens (including phenoxy) is 2. The van der Waals surface area contributed by atoms with Crippen LogP contribution in [0.1, 0.15) is 13.8 Å². The molecule has 0 aliphatic carbocycles. The Morgan fingerprint density at radius 3 is 2.14 bits per heavy atom. The maximum absolute atomic E-state index is 11.7. The summed E-state index contributed by atoms with van der Waals surface area (Å²) in [7, 11) is 0. The van der Waals surface area contributed by atoms with Crippen LogP contribution in [0.3, 0.4) is 0 Å². The van der Waals surface area contributed by atoms with Crippen molar-refractivity contribution in [1.29, 1.82) is 0 Å². The van der Waals surface area contributed by atoms with Crippen molar-refractivity contribution < 1.29 is 14.3 Å². The van der Waals surface area contributed by atoms with Gasteiger partial charge in [-0.25, -0.2) is 0 Å². The molecule has 80 valence electrons. The fourth-order valence-corrected chi connectivity index (χ4v) is 2.01. The molecule has 2 aliphatic heterocycles. The van der Waals surface area contributed by atoms with Crippen LogP contribution < -0.4 is 0 Å². The van der Waals surface area contributed by atoms with Gasteiger partial charge in [-0.05, 0) is 0 Å². The lowest BCUT2D eigenvalue weighted by Crippen LogP contribution is -2.36. The molecule has 0 aromatic rings. The average molecular weight is 199 g/mol. The monoisotopic (exact) mass is 199 g/mol. The second kappa shape index (κ2) is 3.87. The van der Waals surface area contributed by atoms with Crippen molar-refractivity contribution in [3.05, 3.63) is 0 Å². The Kier molecular flexibility index (Phi) is 2.74. The second-order valence-corrected chi connectivity index (χ2v) is 4.22. The number of carbonyl (C=O) groups is 1. The van der Waals surface area contributed by atoms with E-state index in [-0.39, 0.29) is 24.0 Å². The molecule has 0 N–H and O–H groups in total. The van der Waals surface area contributed by atoms with Crippen LogP contribution in [0, 0.1) is 5.92 Å². The zero-order valence-electron chi connectivity index (χ0n) is 8.73. The summed E-state index contributed by atoms with van der Waals surface area (Å²) < 4.78 is 11.1. The quantitative estimate of drug-likeness (QED) is 0.608. The molecule has 1 amide bonds. The summed E-state index contributed by atoms with van der Waals surface area (Å²) in [4.78, 5) is 13.6. The molecule has 0 spiro atoms. The van der Waals surface area contributed by atoms with Crippen molar-refractivity contribution in [2.75, 3.05) is 26.3 Å². The molecule has 2 rings (SSSR count). The molecule has 4 nitrogen and oxygen atoms in total. The van der Waals surface area contributed by atoms with Gasteiger partial charge in [-0.15, -0.1) is 0 Å². The minimum atomic E-state index is 0.0650. The van der Waals surface area contributed by atoms with Gasteiger partial charge in [0.05, 0.1) is 13.2 Å². The van der Waals surface area contributed by atoms with Gasteiger partial charge >= 0.3 is 0 Å². The van der Waals surface area contributed by atoms with E-state index in [4.69, 9.17) is 9.47 Å². The molecule has 0 saturated carbocycles. The highest BCUT2D eigenvalue weighted by molar-refractivity contribution is 5.78. The molecular weight excluding hydrogens is 182 g/mol. The van der Waals surface area contributed by atoms with Gasteiger partial charge in [0.25, 0.3) is 0 Å². The standard InChI is InChI=1S/C10H17NO3/c1-7(2)10(12)11-5-8-9(6-11)14-4-3-13-8/h7-9H,3-6H2,1-2H3. The normalized spacial score (nSPS) is 32.1. The van der Waals surface area contributed by atoms with Crippen molar-refractivity contribution in [3.8, 4) is 0 Å². The predicted molar refractivity (Wildman–Crippen MR) is 50.9 cm³/mol. The Labute approximate surface area is 84.2 Å². The molecular formula is C10H17NO3. The van der Waals surface area contributed by atoms with Crippen LogP contribution in [0.2, 0.25) is 0 Å². The second-order valence-electron chi connectivity index (χ2n) is 4.22. The smallest absolute Gasteiger partial charge is 0.225 e. The first-order chi connectivity index (χ1) is 6.68. The van der Waals surface area contributed by atoms with Crippen molar-refractivity contribution >= 4 is 5.91 Å². The Hall–Kier alpha value is -0.610. The van der Waals surface area contributed by atoms with Crippen LogP contribution in [0.15, 0.2) is 0 Å². The molecule has 2 aliphatic rings. The van der Waals surface area contributed by atoms with Gasteiger partial charge in [-0.3, -0.25) is 4.79 Å². The van der Waals surface area contributed by atoms with E-state index < -0.39 is 0 Å². The predicted octanol–water partition coefficient (Wildman–Crippen LogP) is 0.269. The van der Waals surface area contributed by atoms with Gasteiger partial charge in [0.15, 0.2) is 0 Å². The molecule has 2 heterocycles. The highest BCUT2D eigenvalue weighted by Crippen LogP contribution is 2.21. The molecule has 14 heavy (non-hydrogen) atoms. The van der Waals surface area contributed by atoms with Gasteiger partial charge in [-0.1, -0.05) is 13.8 Å². The minimum Gasteiger partial charge on any atom is -0.371 e. The first-order valence-corrected chi connectivity index (χ1v) is 5.20. The van der Waals surface area contributed by atoms with Crippen LogP contribution >= 0.6 is 0 Å². The summed E-state index contributed by atoms with van der Waals surface area (Å²) >= 11 is 0. The molecule has 2 fully saturated rings. The summed E-state index contributed by atoms with van der Waals surface area (Å²) in [6, 6.07) is 0. The van der Waals surface area contributed by atoms with E-state index in [9.17, 15) is 4.79 Å². The first kappa shape index (κ1) is 9.93. The van der Waals surface area contributed by atoms with Gasteiger partial charge < -0.3 is 14.4 Å². The molecule has 4 heteroatoms. The summed E-state index contributed by atoms with van der Waals surface area (Å²) in [6.45, 7) is 6.55. The number of fused-ring (bicyclic) bond motifs is 1. The lowest BCUT2D eigenvalue weighted by Gasteiger charge is -2.24. The average Bonchev–Trinajstić information content (AvgIpc) is 2.59. The third-order valence-electron chi connectivity index (χ3n) is 2.77. The number of amides is 1. The lowest BCUT2D eigenvalue weighted by molar-refractivity contribution is -0.133. The Morgan fingerprint density at radius 1 is 1.21 bits per heavy atom. The van der Waals surface area contributed by atoms with Crippen molar-refractivity contribution in [2.24, 2.45) is 5.92 Å². The van der Waals surface area contributed by atoms with Crippen molar-refractivity contribution in [3.63, 3.8) is 0 Å². The van der Waals surface area contributed by atoms with E-state index in [0.717, 1.165) is 0 Å². The number of rotatable bonds is 1. The highest BCUT2D eigenvalue weighted by atomic mass is 16.6. The third-order valence-corrected chi connectivity index (χ3v) is 2.77. The summed E-state index contributed by atoms with van der Waals surface area (Å²) in [5.41, 5.74) is 0. The topological polar surface area (TPSA) is 38.8 Å². The van der Waals surface area contributed by atoms with Crippen LogP contribution in [0.25, 0.3) is 0 Å². The molecule has 2 atom stereocenters. The SMILES string of the molecule is CC(C)C(=O)N1CC2OCCOC2C1. The molecule has 0 radical (unpaired) electrons. The van der Waals surface area contributed by atoms with E-state index in [2.05, 4.69) is 0 Å². The molecule has 0 bridgehead atoms. The summed E-state index contributed by atoms with van der Waals surface area (Å²) in [5, 5.41) is 0. The fraction of sp³-hybridized carbons (Fsp3) is 0.900. The van der Waals surface area contributed by atoms with Crippen molar-refractivity contribution in [1.82, 2.24) is 4.90 Å². The zero-order chi connectivity index (χ0) is 10.1.